The Morgan fingerprint density at radius 3 is 2.28 bits per heavy atom. The third kappa shape index (κ3) is 11.0. The minimum absolute atomic E-state index is 0.0908. The van der Waals surface area contributed by atoms with Crippen molar-refractivity contribution in [2.75, 3.05) is 26.4 Å². The van der Waals surface area contributed by atoms with E-state index in [0.29, 0.717) is 38.8 Å². The monoisotopic (exact) mass is 356 g/mol. The first kappa shape index (κ1) is 23.7. The fourth-order valence-corrected chi connectivity index (χ4v) is 2.65. The Bertz CT molecular complexity index is 444. The summed E-state index contributed by atoms with van der Waals surface area (Å²) < 4.78 is 11.3. The van der Waals surface area contributed by atoms with Gasteiger partial charge in [0.1, 0.15) is 0 Å². The van der Waals surface area contributed by atoms with Crippen molar-refractivity contribution >= 4 is 5.91 Å². The average molecular weight is 357 g/mol. The topological polar surface area (TPSA) is 96.3 Å². The van der Waals surface area contributed by atoms with Crippen LogP contribution in [0.15, 0.2) is 5.11 Å². The molecule has 0 saturated carbocycles. The molecule has 0 aromatic heterocycles. The smallest absolute Gasteiger partial charge is 0.226 e. The largest absolute Gasteiger partial charge is 0.379 e. The van der Waals surface area contributed by atoms with Gasteiger partial charge in [0.2, 0.25) is 5.91 Å². The van der Waals surface area contributed by atoms with Crippen molar-refractivity contribution < 1.29 is 14.3 Å². The molecule has 146 valence electrons. The molecule has 1 N–H and O–H groups in total. The lowest BCUT2D eigenvalue weighted by Gasteiger charge is -2.32. The number of amides is 1. The van der Waals surface area contributed by atoms with Crippen LogP contribution in [0, 0.1) is 11.3 Å². The Labute approximate surface area is 152 Å². The number of rotatable bonds is 13. The molecule has 0 bridgehead atoms. The van der Waals surface area contributed by atoms with E-state index in [1.54, 1.807) is 0 Å². The molecule has 25 heavy (non-hydrogen) atoms. The Morgan fingerprint density at radius 1 is 1.16 bits per heavy atom. The van der Waals surface area contributed by atoms with E-state index >= 15 is 0 Å². The van der Waals surface area contributed by atoms with Gasteiger partial charge in [0.15, 0.2) is 0 Å². The van der Waals surface area contributed by atoms with Crippen LogP contribution in [-0.4, -0.2) is 43.9 Å². The molecular formula is C18H36N4O3. The highest BCUT2D eigenvalue weighted by molar-refractivity contribution is 5.82. The van der Waals surface area contributed by atoms with Gasteiger partial charge in [-0.15, -0.1) is 0 Å². The van der Waals surface area contributed by atoms with Crippen molar-refractivity contribution in [2.24, 2.45) is 16.4 Å². The number of carbonyl (C=O) groups is 1. The molecule has 0 aliphatic heterocycles. The van der Waals surface area contributed by atoms with E-state index in [1.165, 1.54) is 0 Å². The Hall–Kier alpha value is -1.30. The first-order valence-corrected chi connectivity index (χ1v) is 9.06. The zero-order valence-electron chi connectivity index (χ0n) is 17.0. The highest BCUT2D eigenvalue weighted by Gasteiger charge is 2.35. The first-order valence-electron chi connectivity index (χ1n) is 9.06. The summed E-state index contributed by atoms with van der Waals surface area (Å²) in [6, 6.07) is -0.195. The molecule has 1 atom stereocenters. The number of hydrogen-bond donors (Lipinski definition) is 1. The van der Waals surface area contributed by atoms with Crippen LogP contribution >= 0.6 is 0 Å². The summed E-state index contributed by atoms with van der Waals surface area (Å²) in [5.74, 6) is 0.348. The van der Waals surface area contributed by atoms with E-state index < -0.39 is 11.0 Å². The van der Waals surface area contributed by atoms with Crippen molar-refractivity contribution in [1.29, 1.82) is 0 Å². The van der Waals surface area contributed by atoms with Gasteiger partial charge in [0, 0.05) is 29.1 Å². The van der Waals surface area contributed by atoms with Crippen LogP contribution in [-0.2, 0) is 14.3 Å². The zero-order chi connectivity index (χ0) is 19.5. The summed E-state index contributed by atoms with van der Waals surface area (Å²) in [6.45, 7) is 15.7. The molecule has 7 nitrogen and oxygen atoms in total. The lowest BCUT2D eigenvalue weighted by Crippen LogP contribution is -2.48. The number of carbonyl (C=O) groups excluding carboxylic acids is 1. The molecule has 0 aromatic rings. The molecule has 0 saturated heterocycles. The second kappa shape index (κ2) is 11.3. The van der Waals surface area contributed by atoms with Gasteiger partial charge >= 0.3 is 0 Å². The lowest BCUT2D eigenvalue weighted by atomic mass is 9.79. The van der Waals surface area contributed by atoms with Gasteiger partial charge in [0.05, 0.1) is 19.3 Å². The molecule has 1 unspecified atom stereocenters. The minimum atomic E-state index is -0.668. The standard InChI is InChI=1S/C18H36N4O3/c1-8-9-24-11-15(12-25-10-14(2)3)20-16(23)17(4,5)13-18(6,7)21-22-19/h14-15H,8-13H2,1-7H3,(H,20,23). The van der Waals surface area contributed by atoms with Gasteiger partial charge in [0.25, 0.3) is 0 Å². The maximum atomic E-state index is 12.7. The first-order chi connectivity index (χ1) is 11.5. The Balaban J connectivity index is 4.80. The van der Waals surface area contributed by atoms with Gasteiger partial charge in [-0.1, -0.05) is 53.6 Å². The molecule has 0 heterocycles. The van der Waals surface area contributed by atoms with Gasteiger partial charge in [-0.2, -0.15) is 0 Å². The molecule has 1 amide bonds. The Morgan fingerprint density at radius 2 is 1.76 bits per heavy atom. The van der Waals surface area contributed by atoms with Crippen molar-refractivity contribution in [3.05, 3.63) is 10.4 Å². The predicted molar refractivity (Wildman–Crippen MR) is 100 cm³/mol. The maximum Gasteiger partial charge on any atom is 0.226 e. The molecule has 0 aromatic carbocycles. The van der Waals surface area contributed by atoms with E-state index in [2.05, 4.69) is 29.2 Å². The molecule has 0 aliphatic carbocycles. The molecule has 7 heteroatoms. The summed E-state index contributed by atoms with van der Waals surface area (Å²) in [6.07, 6.45) is 1.38. The third-order valence-electron chi connectivity index (χ3n) is 3.58. The van der Waals surface area contributed by atoms with E-state index in [1.807, 2.05) is 34.6 Å². The fraction of sp³-hybridized carbons (Fsp3) is 0.944. The number of nitrogens with zero attached hydrogens (tertiary/aromatic N) is 3. The molecule has 0 rings (SSSR count). The molecule has 0 spiro atoms. The maximum absolute atomic E-state index is 12.7. The summed E-state index contributed by atoms with van der Waals surface area (Å²) in [5, 5.41) is 6.81. The van der Waals surface area contributed by atoms with Crippen LogP contribution in [0.3, 0.4) is 0 Å². The normalized spacial score (nSPS) is 13.4. The molecule has 0 fully saturated rings. The number of nitrogens with one attached hydrogen (secondary N) is 1. The molecular weight excluding hydrogens is 320 g/mol. The van der Waals surface area contributed by atoms with Gasteiger partial charge in [-0.3, -0.25) is 4.79 Å². The van der Waals surface area contributed by atoms with Crippen LogP contribution in [0.4, 0.5) is 0 Å². The second-order valence-corrected chi connectivity index (χ2v) is 8.24. The van der Waals surface area contributed by atoms with E-state index in [9.17, 15) is 4.79 Å². The average Bonchev–Trinajstić information content (AvgIpc) is 2.45. The number of azide groups is 1. The summed E-state index contributed by atoms with van der Waals surface area (Å²) in [4.78, 5) is 15.6. The number of hydrogen-bond acceptors (Lipinski definition) is 4. The van der Waals surface area contributed by atoms with E-state index in [4.69, 9.17) is 15.0 Å². The number of ether oxygens (including phenoxy) is 2. The third-order valence-corrected chi connectivity index (χ3v) is 3.58. The minimum Gasteiger partial charge on any atom is -0.379 e. The van der Waals surface area contributed by atoms with Crippen LogP contribution in [0.1, 0.15) is 61.3 Å². The SMILES string of the molecule is CCCOCC(COCC(C)C)NC(=O)C(C)(C)CC(C)(C)N=[N+]=[N-]. The van der Waals surface area contributed by atoms with Gasteiger partial charge in [-0.05, 0) is 24.3 Å². The summed E-state index contributed by atoms with van der Waals surface area (Å²) in [5.41, 5.74) is 7.37. The summed E-state index contributed by atoms with van der Waals surface area (Å²) in [7, 11) is 0. The second-order valence-electron chi connectivity index (χ2n) is 8.24. The zero-order valence-corrected chi connectivity index (χ0v) is 17.0. The van der Waals surface area contributed by atoms with E-state index in [0.717, 1.165) is 6.42 Å². The van der Waals surface area contributed by atoms with Gasteiger partial charge < -0.3 is 14.8 Å². The quantitative estimate of drug-likeness (QED) is 0.233. The van der Waals surface area contributed by atoms with Crippen molar-refractivity contribution in [2.45, 2.75) is 72.9 Å². The van der Waals surface area contributed by atoms with Crippen LogP contribution in [0.25, 0.3) is 10.4 Å². The fourth-order valence-electron chi connectivity index (χ4n) is 2.65. The molecule has 0 aliphatic rings. The van der Waals surface area contributed by atoms with E-state index in [-0.39, 0.29) is 11.9 Å². The molecule has 0 radical (unpaired) electrons. The van der Waals surface area contributed by atoms with Crippen molar-refractivity contribution in [3.8, 4) is 0 Å². The van der Waals surface area contributed by atoms with Crippen molar-refractivity contribution in [3.63, 3.8) is 0 Å². The highest BCUT2D eigenvalue weighted by atomic mass is 16.5. The predicted octanol–water partition coefficient (Wildman–Crippen LogP) is 4.08. The van der Waals surface area contributed by atoms with Crippen molar-refractivity contribution in [1.82, 2.24) is 5.32 Å². The van der Waals surface area contributed by atoms with Crippen LogP contribution < -0.4 is 5.32 Å². The summed E-state index contributed by atoms with van der Waals surface area (Å²) >= 11 is 0. The lowest BCUT2D eigenvalue weighted by molar-refractivity contribution is -0.132. The highest BCUT2D eigenvalue weighted by Crippen LogP contribution is 2.30. The van der Waals surface area contributed by atoms with Crippen LogP contribution in [0.5, 0.6) is 0 Å². The Kier molecular flexibility index (Phi) is 10.8. The van der Waals surface area contributed by atoms with Crippen LogP contribution in [0.2, 0.25) is 0 Å². The van der Waals surface area contributed by atoms with Gasteiger partial charge in [-0.25, -0.2) is 0 Å².